The van der Waals surface area contributed by atoms with E-state index in [1.165, 1.54) is 12.3 Å². The number of hydrogen-bond acceptors (Lipinski definition) is 3. The van der Waals surface area contributed by atoms with Gasteiger partial charge in [-0.05, 0) is 6.08 Å². The van der Waals surface area contributed by atoms with Crippen molar-refractivity contribution >= 4 is 12.0 Å². The van der Waals surface area contributed by atoms with Crippen molar-refractivity contribution in [3.63, 3.8) is 0 Å². The minimum atomic E-state index is -1.11. The summed E-state index contributed by atoms with van der Waals surface area (Å²) in [6, 6.07) is 9.20. The third-order valence-electron chi connectivity index (χ3n) is 2.28. The van der Waals surface area contributed by atoms with Crippen LogP contribution in [0.4, 0.5) is 0 Å². The van der Waals surface area contributed by atoms with E-state index >= 15 is 0 Å². The highest BCUT2D eigenvalue weighted by molar-refractivity contribution is 5.85. The molecule has 5 heteroatoms. The van der Waals surface area contributed by atoms with Crippen molar-refractivity contribution in [3.05, 3.63) is 58.5 Å². The number of carbonyl (C=O) groups is 1. The zero-order valence-corrected chi connectivity index (χ0v) is 9.33. The Kier molecular flexibility index (Phi) is 3.33. The second-order valence-corrected chi connectivity index (χ2v) is 3.55. The van der Waals surface area contributed by atoms with Crippen LogP contribution in [0.1, 0.15) is 5.56 Å². The van der Waals surface area contributed by atoms with Crippen molar-refractivity contribution < 1.29 is 9.90 Å². The van der Waals surface area contributed by atoms with Gasteiger partial charge in [0.25, 0.3) is 5.56 Å². The Morgan fingerprint density at radius 1 is 1.28 bits per heavy atom. The van der Waals surface area contributed by atoms with Gasteiger partial charge < -0.3 is 10.1 Å². The van der Waals surface area contributed by atoms with Crippen LogP contribution < -0.4 is 5.56 Å². The molecule has 1 aromatic heterocycles. The summed E-state index contributed by atoms with van der Waals surface area (Å²) < 4.78 is 0. The highest BCUT2D eigenvalue weighted by atomic mass is 16.4. The van der Waals surface area contributed by atoms with E-state index in [4.69, 9.17) is 5.11 Å². The molecular formula is C13H10N2O3. The van der Waals surface area contributed by atoms with E-state index in [2.05, 4.69) is 9.97 Å². The topological polar surface area (TPSA) is 83.0 Å². The number of nitrogens with zero attached hydrogens (tertiary/aromatic N) is 1. The second-order valence-electron chi connectivity index (χ2n) is 3.55. The standard InChI is InChI=1S/C13H10N2O3/c16-11(17)7-6-10-8-14-12(15-13(10)18)9-4-2-1-3-5-9/h1-8H,(H,16,17)(H,14,15,18)/b7-6+. The van der Waals surface area contributed by atoms with Crippen LogP contribution in [0, 0.1) is 0 Å². The van der Waals surface area contributed by atoms with Crippen molar-refractivity contribution in [3.8, 4) is 11.4 Å². The summed E-state index contributed by atoms with van der Waals surface area (Å²) >= 11 is 0. The van der Waals surface area contributed by atoms with Crippen LogP contribution in [0.5, 0.6) is 0 Å². The lowest BCUT2D eigenvalue weighted by molar-refractivity contribution is -0.131. The number of aliphatic carboxylic acids is 1. The largest absolute Gasteiger partial charge is 0.478 e. The average molecular weight is 242 g/mol. The fourth-order valence-corrected chi connectivity index (χ4v) is 1.43. The van der Waals surface area contributed by atoms with Crippen LogP contribution in [-0.4, -0.2) is 21.0 Å². The first-order valence-corrected chi connectivity index (χ1v) is 5.22. The molecule has 0 aliphatic carbocycles. The molecule has 5 nitrogen and oxygen atoms in total. The maximum Gasteiger partial charge on any atom is 0.328 e. The van der Waals surface area contributed by atoms with Gasteiger partial charge >= 0.3 is 5.97 Å². The molecule has 0 spiro atoms. The summed E-state index contributed by atoms with van der Waals surface area (Å²) in [5, 5.41) is 8.48. The molecule has 0 amide bonds. The molecule has 0 bridgehead atoms. The Balaban J connectivity index is 2.37. The fraction of sp³-hybridized carbons (Fsp3) is 0. The lowest BCUT2D eigenvalue weighted by atomic mass is 10.2. The van der Waals surface area contributed by atoms with Gasteiger partial charge in [-0.2, -0.15) is 0 Å². The lowest BCUT2D eigenvalue weighted by Crippen LogP contribution is -2.11. The Hall–Kier alpha value is -2.69. The summed E-state index contributed by atoms with van der Waals surface area (Å²) in [6.45, 7) is 0. The molecule has 0 aliphatic heterocycles. The molecule has 90 valence electrons. The number of benzene rings is 1. The first-order chi connectivity index (χ1) is 8.66. The maximum atomic E-state index is 11.7. The molecule has 0 unspecified atom stereocenters. The van der Waals surface area contributed by atoms with Gasteiger partial charge in [-0.1, -0.05) is 30.3 Å². The highest BCUT2D eigenvalue weighted by Gasteiger charge is 2.02. The van der Waals surface area contributed by atoms with Crippen molar-refractivity contribution in [1.82, 2.24) is 9.97 Å². The van der Waals surface area contributed by atoms with Gasteiger partial charge in [0.05, 0.1) is 5.56 Å². The zero-order valence-electron chi connectivity index (χ0n) is 9.33. The third kappa shape index (κ3) is 2.70. The van der Waals surface area contributed by atoms with Crippen molar-refractivity contribution in [2.45, 2.75) is 0 Å². The molecule has 0 fully saturated rings. The molecule has 0 radical (unpaired) electrons. The van der Waals surface area contributed by atoms with E-state index < -0.39 is 5.97 Å². The Morgan fingerprint density at radius 2 is 2.00 bits per heavy atom. The number of nitrogens with one attached hydrogen (secondary N) is 1. The molecule has 1 heterocycles. The van der Waals surface area contributed by atoms with Gasteiger partial charge in [-0.25, -0.2) is 9.78 Å². The minimum absolute atomic E-state index is 0.206. The number of hydrogen-bond donors (Lipinski definition) is 2. The van der Waals surface area contributed by atoms with Crippen molar-refractivity contribution in [1.29, 1.82) is 0 Å². The summed E-state index contributed by atoms with van der Waals surface area (Å²) in [5.74, 6) is -0.658. The van der Waals surface area contributed by atoms with Crippen LogP contribution in [-0.2, 0) is 4.79 Å². The lowest BCUT2D eigenvalue weighted by Gasteiger charge is -2.00. The van der Waals surface area contributed by atoms with E-state index in [1.807, 2.05) is 30.3 Å². The summed E-state index contributed by atoms with van der Waals surface area (Å²) in [4.78, 5) is 28.7. The summed E-state index contributed by atoms with van der Waals surface area (Å²) in [5.41, 5.74) is 0.627. The fourth-order valence-electron chi connectivity index (χ4n) is 1.43. The zero-order chi connectivity index (χ0) is 13.0. The van der Waals surface area contributed by atoms with Gasteiger partial charge in [0.1, 0.15) is 5.82 Å². The van der Waals surface area contributed by atoms with Crippen LogP contribution in [0.15, 0.2) is 47.4 Å². The van der Waals surface area contributed by atoms with Gasteiger partial charge in [-0.15, -0.1) is 0 Å². The average Bonchev–Trinajstić information content (AvgIpc) is 2.38. The second kappa shape index (κ2) is 5.09. The Bertz CT molecular complexity index is 645. The van der Waals surface area contributed by atoms with Gasteiger partial charge in [-0.3, -0.25) is 4.79 Å². The molecule has 2 N–H and O–H groups in total. The van der Waals surface area contributed by atoms with E-state index in [0.29, 0.717) is 5.82 Å². The predicted molar refractivity (Wildman–Crippen MR) is 67.0 cm³/mol. The Morgan fingerprint density at radius 3 is 2.61 bits per heavy atom. The molecular weight excluding hydrogens is 232 g/mol. The highest BCUT2D eigenvalue weighted by Crippen LogP contribution is 2.11. The van der Waals surface area contributed by atoms with Crippen LogP contribution >= 0.6 is 0 Å². The monoisotopic (exact) mass is 242 g/mol. The van der Waals surface area contributed by atoms with Gasteiger partial charge in [0, 0.05) is 17.8 Å². The van der Waals surface area contributed by atoms with Crippen LogP contribution in [0.2, 0.25) is 0 Å². The van der Waals surface area contributed by atoms with Crippen LogP contribution in [0.3, 0.4) is 0 Å². The molecule has 0 saturated heterocycles. The molecule has 18 heavy (non-hydrogen) atoms. The predicted octanol–water partition coefficient (Wildman–Crippen LogP) is 1.53. The van der Waals surface area contributed by atoms with E-state index in [-0.39, 0.29) is 11.1 Å². The smallest absolute Gasteiger partial charge is 0.328 e. The number of aromatic amines is 1. The molecule has 2 rings (SSSR count). The summed E-state index contributed by atoms with van der Waals surface area (Å²) in [6.07, 6.45) is 3.46. The van der Waals surface area contributed by atoms with Crippen LogP contribution in [0.25, 0.3) is 17.5 Å². The van der Waals surface area contributed by atoms with E-state index in [0.717, 1.165) is 11.6 Å². The molecule has 0 aliphatic rings. The summed E-state index contributed by atoms with van der Waals surface area (Å²) in [7, 11) is 0. The number of carboxylic acid groups (broad SMARTS) is 1. The third-order valence-corrected chi connectivity index (χ3v) is 2.28. The van der Waals surface area contributed by atoms with Crippen molar-refractivity contribution in [2.75, 3.05) is 0 Å². The minimum Gasteiger partial charge on any atom is -0.478 e. The van der Waals surface area contributed by atoms with Gasteiger partial charge in [0.2, 0.25) is 0 Å². The SMILES string of the molecule is O=C(O)/C=C/c1cnc(-c2ccccc2)[nH]c1=O. The number of rotatable bonds is 3. The number of H-pyrrole nitrogens is 1. The molecule has 0 atom stereocenters. The number of carboxylic acids is 1. The van der Waals surface area contributed by atoms with Gasteiger partial charge in [0.15, 0.2) is 0 Å². The van der Waals surface area contributed by atoms with E-state index in [9.17, 15) is 9.59 Å². The first kappa shape index (κ1) is 11.8. The number of aromatic nitrogens is 2. The Labute approximate surface area is 102 Å². The molecule has 1 aromatic carbocycles. The first-order valence-electron chi connectivity index (χ1n) is 5.22. The van der Waals surface area contributed by atoms with Crippen molar-refractivity contribution in [2.24, 2.45) is 0 Å². The maximum absolute atomic E-state index is 11.7. The molecule has 2 aromatic rings. The molecule has 0 saturated carbocycles. The van der Waals surface area contributed by atoms with E-state index in [1.54, 1.807) is 0 Å². The normalized spacial score (nSPS) is 10.7. The quantitative estimate of drug-likeness (QED) is 0.799.